The summed E-state index contributed by atoms with van der Waals surface area (Å²) in [6.45, 7) is 2.77. The first-order valence-electron chi connectivity index (χ1n) is 6.42. The summed E-state index contributed by atoms with van der Waals surface area (Å²) in [7, 11) is 0. The van der Waals surface area contributed by atoms with Crippen molar-refractivity contribution in [3.8, 4) is 0 Å². The highest BCUT2D eigenvalue weighted by Gasteiger charge is 2.13. The molecule has 7 heteroatoms. The Morgan fingerprint density at radius 3 is 2.71 bits per heavy atom. The lowest BCUT2D eigenvalue weighted by atomic mass is 10.2. The number of hydrogen-bond donors (Lipinski definition) is 2. The van der Waals surface area contributed by atoms with Crippen molar-refractivity contribution in [1.82, 2.24) is 9.97 Å². The quantitative estimate of drug-likeness (QED) is 0.889. The molecule has 0 bridgehead atoms. The molecule has 0 aliphatic carbocycles. The fraction of sp³-hybridized carbons (Fsp3) is 0.214. The van der Waals surface area contributed by atoms with Gasteiger partial charge in [-0.15, -0.1) is 0 Å². The molecule has 0 aromatic carbocycles. The van der Waals surface area contributed by atoms with E-state index in [9.17, 15) is 9.18 Å². The highest BCUT2D eigenvalue weighted by Crippen LogP contribution is 2.19. The zero-order chi connectivity index (χ0) is 15.2. The summed E-state index contributed by atoms with van der Waals surface area (Å²) < 4.78 is 12.8. The normalized spacial score (nSPS) is 10.2. The molecule has 0 aliphatic rings. The number of nitrogens with zero attached hydrogens (tertiary/aromatic N) is 2. The van der Waals surface area contributed by atoms with Crippen molar-refractivity contribution in [1.29, 1.82) is 0 Å². The molecular formula is C14H14ClFN4O. The highest BCUT2D eigenvalue weighted by atomic mass is 35.5. The van der Waals surface area contributed by atoms with E-state index in [0.29, 0.717) is 5.82 Å². The van der Waals surface area contributed by atoms with Gasteiger partial charge in [-0.25, -0.2) is 14.4 Å². The Hall–Kier alpha value is -2.21. The van der Waals surface area contributed by atoms with Crippen molar-refractivity contribution in [3.05, 3.63) is 47.0 Å². The van der Waals surface area contributed by atoms with Crippen LogP contribution in [0.2, 0.25) is 5.02 Å². The number of nitrogens with one attached hydrogen (secondary N) is 2. The fourth-order valence-electron chi connectivity index (χ4n) is 1.60. The maximum Gasteiger partial charge on any atom is 0.258 e. The minimum absolute atomic E-state index is 0.233. The lowest BCUT2D eigenvalue weighted by molar-refractivity contribution is 0.102. The second-order valence-electron chi connectivity index (χ2n) is 4.29. The summed E-state index contributed by atoms with van der Waals surface area (Å²) >= 11 is 5.99. The molecule has 2 aromatic heterocycles. The minimum Gasteiger partial charge on any atom is -0.370 e. The van der Waals surface area contributed by atoms with Crippen molar-refractivity contribution in [3.63, 3.8) is 0 Å². The Morgan fingerprint density at radius 1 is 1.29 bits per heavy atom. The molecule has 1 amide bonds. The van der Waals surface area contributed by atoms with E-state index in [1.807, 2.05) is 6.92 Å². The van der Waals surface area contributed by atoms with Gasteiger partial charge in [-0.2, -0.15) is 0 Å². The first kappa shape index (κ1) is 15.2. The summed E-state index contributed by atoms with van der Waals surface area (Å²) in [6, 6.07) is 4.15. The van der Waals surface area contributed by atoms with Crippen LogP contribution in [0.3, 0.4) is 0 Å². The number of carbonyl (C=O) groups excluding carboxylic acids is 1. The number of aromatic nitrogens is 2. The van der Waals surface area contributed by atoms with E-state index in [0.717, 1.165) is 19.2 Å². The van der Waals surface area contributed by atoms with Crippen LogP contribution in [0, 0.1) is 5.82 Å². The molecule has 0 spiro atoms. The average Bonchev–Trinajstić information content (AvgIpc) is 2.48. The van der Waals surface area contributed by atoms with Crippen molar-refractivity contribution in [2.45, 2.75) is 13.3 Å². The molecule has 0 fully saturated rings. The van der Waals surface area contributed by atoms with Gasteiger partial charge >= 0.3 is 0 Å². The molecule has 21 heavy (non-hydrogen) atoms. The van der Waals surface area contributed by atoms with Gasteiger partial charge in [0.15, 0.2) is 0 Å². The van der Waals surface area contributed by atoms with Crippen LogP contribution in [0.15, 0.2) is 30.6 Å². The molecule has 0 unspecified atom stereocenters. The number of anilines is 2. The molecule has 0 radical (unpaired) electrons. The molecule has 2 heterocycles. The summed E-state index contributed by atoms with van der Waals surface area (Å²) in [6.07, 6.45) is 3.37. The van der Waals surface area contributed by atoms with Crippen LogP contribution in [-0.4, -0.2) is 22.4 Å². The molecule has 0 atom stereocenters. The predicted octanol–water partition coefficient (Wildman–Crippen LogP) is 3.34. The van der Waals surface area contributed by atoms with E-state index >= 15 is 0 Å². The minimum atomic E-state index is -0.471. The molecule has 2 rings (SSSR count). The van der Waals surface area contributed by atoms with E-state index in [-0.39, 0.29) is 16.4 Å². The number of hydrogen-bond acceptors (Lipinski definition) is 4. The molecule has 0 aliphatic heterocycles. The van der Waals surface area contributed by atoms with E-state index in [2.05, 4.69) is 20.6 Å². The maximum absolute atomic E-state index is 12.8. The van der Waals surface area contributed by atoms with E-state index < -0.39 is 11.7 Å². The van der Waals surface area contributed by atoms with Crippen LogP contribution in [-0.2, 0) is 0 Å². The van der Waals surface area contributed by atoms with Crippen LogP contribution in [0.1, 0.15) is 23.7 Å². The largest absolute Gasteiger partial charge is 0.370 e. The van der Waals surface area contributed by atoms with E-state index in [1.54, 1.807) is 6.07 Å². The Kier molecular flexibility index (Phi) is 5.05. The number of amides is 1. The molecule has 2 N–H and O–H groups in total. The van der Waals surface area contributed by atoms with Crippen LogP contribution >= 0.6 is 11.6 Å². The summed E-state index contributed by atoms with van der Waals surface area (Å²) in [5.74, 6) is -0.0853. The molecule has 0 saturated heterocycles. The zero-order valence-electron chi connectivity index (χ0n) is 11.4. The van der Waals surface area contributed by atoms with Crippen molar-refractivity contribution < 1.29 is 9.18 Å². The Bertz CT molecular complexity index is 633. The lowest BCUT2D eigenvalue weighted by Gasteiger charge is -2.09. The second-order valence-corrected chi connectivity index (χ2v) is 4.70. The van der Waals surface area contributed by atoms with Crippen LogP contribution < -0.4 is 10.6 Å². The first-order chi connectivity index (χ1) is 10.1. The second kappa shape index (κ2) is 6.99. The number of rotatable bonds is 5. The van der Waals surface area contributed by atoms with Gasteiger partial charge in [0.2, 0.25) is 0 Å². The van der Waals surface area contributed by atoms with Crippen LogP contribution in [0.4, 0.5) is 16.0 Å². The van der Waals surface area contributed by atoms with Crippen molar-refractivity contribution >= 4 is 29.1 Å². The van der Waals surface area contributed by atoms with Gasteiger partial charge in [0, 0.05) is 12.7 Å². The molecule has 2 aromatic rings. The molecular weight excluding hydrogens is 295 g/mol. The third-order valence-corrected chi connectivity index (χ3v) is 2.93. The van der Waals surface area contributed by atoms with E-state index in [4.69, 9.17) is 11.6 Å². The first-order valence-corrected chi connectivity index (χ1v) is 6.80. The zero-order valence-corrected chi connectivity index (χ0v) is 12.1. The third-order valence-electron chi connectivity index (χ3n) is 2.63. The smallest absolute Gasteiger partial charge is 0.258 e. The van der Waals surface area contributed by atoms with Crippen LogP contribution in [0.25, 0.3) is 0 Å². The van der Waals surface area contributed by atoms with Crippen molar-refractivity contribution in [2.75, 3.05) is 17.2 Å². The van der Waals surface area contributed by atoms with Crippen molar-refractivity contribution in [2.24, 2.45) is 0 Å². The average molecular weight is 309 g/mol. The van der Waals surface area contributed by atoms with Gasteiger partial charge < -0.3 is 10.6 Å². The van der Waals surface area contributed by atoms with Gasteiger partial charge in [-0.05, 0) is 24.6 Å². The van der Waals surface area contributed by atoms with Gasteiger partial charge in [0.1, 0.15) is 17.5 Å². The monoisotopic (exact) mass is 308 g/mol. The van der Waals surface area contributed by atoms with E-state index in [1.165, 1.54) is 18.3 Å². The lowest BCUT2D eigenvalue weighted by Crippen LogP contribution is -2.14. The predicted molar refractivity (Wildman–Crippen MR) is 80.2 cm³/mol. The van der Waals surface area contributed by atoms with Gasteiger partial charge in [0.05, 0.1) is 16.8 Å². The summed E-state index contributed by atoms with van der Waals surface area (Å²) in [5, 5.41) is 5.86. The van der Waals surface area contributed by atoms with Gasteiger partial charge in [-0.1, -0.05) is 18.5 Å². The fourth-order valence-corrected chi connectivity index (χ4v) is 1.79. The molecule has 5 nitrogen and oxygen atoms in total. The Labute approximate surface area is 126 Å². The van der Waals surface area contributed by atoms with Crippen LogP contribution in [0.5, 0.6) is 0 Å². The van der Waals surface area contributed by atoms with Gasteiger partial charge in [0.25, 0.3) is 5.91 Å². The maximum atomic E-state index is 12.8. The summed E-state index contributed by atoms with van der Waals surface area (Å²) in [4.78, 5) is 20.0. The number of halogens is 2. The standard InChI is InChI=1S/C14H14ClFN4O/c1-2-5-17-13-6-10(11(15)8-19-13)14(21)20-12-4-3-9(16)7-18-12/h3-4,6-8H,2,5H2,1H3,(H,17,19)(H,18,20,21). The molecule has 0 saturated carbocycles. The Morgan fingerprint density at radius 2 is 2.05 bits per heavy atom. The Balaban J connectivity index is 2.15. The number of pyridine rings is 2. The SMILES string of the molecule is CCCNc1cc(C(=O)Nc2ccc(F)cn2)c(Cl)cn1. The summed E-state index contributed by atoms with van der Waals surface area (Å²) in [5.41, 5.74) is 0.274. The molecule has 110 valence electrons. The highest BCUT2D eigenvalue weighted by molar-refractivity contribution is 6.34. The van der Waals surface area contributed by atoms with Gasteiger partial charge in [-0.3, -0.25) is 4.79 Å². The topological polar surface area (TPSA) is 66.9 Å². The third kappa shape index (κ3) is 4.13. The number of carbonyl (C=O) groups is 1.